The Labute approximate surface area is 98.2 Å². The van der Waals surface area contributed by atoms with Gasteiger partial charge < -0.3 is 4.74 Å². The van der Waals surface area contributed by atoms with Gasteiger partial charge >= 0.3 is 0 Å². The Morgan fingerprint density at radius 2 is 2.19 bits per heavy atom. The molecule has 0 amide bonds. The van der Waals surface area contributed by atoms with Crippen molar-refractivity contribution in [3.63, 3.8) is 0 Å². The Hall–Kier alpha value is -0.170. The molecule has 0 aromatic heterocycles. The van der Waals surface area contributed by atoms with Crippen molar-refractivity contribution in [3.8, 4) is 0 Å². The first-order chi connectivity index (χ1) is 7.37. The summed E-state index contributed by atoms with van der Waals surface area (Å²) in [6.07, 6.45) is 1.14. The van der Waals surface area contributed by atoms with Crippen LogP contribution in [0.15, 0.2) is 0 Å². The van der Waals surface area contributed by atoms with Crippen molar-refractivity contribution in [2.45, 2.75) is 20.0 Å². The molecule has 0 spiro atoms. The third kappa shape index (κ3) is 5.79. The quantitative estimate of drug-likeness (QED) is 0.740. The lowest BCUT2D eigenvalue weighted by molar-refractivity contribution is -0.0279. The smallest absolute Gasteiger partial charge is 0.208 e. The highest BCUT2D eigenvalue weighted by molar-refractivity contribution is 7.88. The van der Waals surface area contributed by atoms with Crippen LogP contribution in [0.5, 0.6) is 0 Å². The van der Waals surface area contributed by atoms with Crippen LogP contribution in [0.2, 0.25) is 0 Å². The van der Waals surface area contributed by atoms with E-state index in [-0.39, 0.29) is 6.10 Å². The monoisotopic (exact) mass is 250 g/mol. The molecule has 1 aliphatic heterocycles. The van der Waals surface area contributed by atoms with Crippen LogP contribution in [0.1, 0.15) is 13.8 Å². The van der Waals surface area contributed by atoms with E-state index in [4.69, 9.17) is 4.74 Å². The van der Waals surface area contributed by atoms with E-state index in [0.717, 1.165) is 19.6 Å². The van der Waals surface area contributed by atoms with Crippen molar-refractivity contribution < 1.29 is 13.2 Å². The van der Waals surface area contributed by atoms with Crippen LogP contribution in [-0.4, -0.2) is 58.5 Å². The molecule has 1 heterocycles. The predicted octanol–water partition coefficient (Wildman–Crippen LogP) is -0.108. The molecular weight excluding hydrogens is 228 g/mol. The van der Waals surface area contributed by atoms with Gasteiger partial charge in [-0.2, -0.15) is 0 Å². The number of ether oxygens (including phenoxy) is 1. The van der Waals surface area contributed by atoms with Crippen molar-refractivity contribution in [1.82, 2.24) is 9.62 Å². The molecular formula is C10H22N2O3S. The largest absolute Gasteiger partial charge is 0.374 e. The van der Waals surface area contributed by atoms with E-state index in [1.54, 1.807) is 0 Å². The van der Waals surface area contributed by atoms with Crippen molar-refractivity contribution in [2.24, 2.45) is 5.92 Å². The average molecular weight is 250 g/mol. The average Bonchev–Trinajstić information content (AvgIpc) is 2.13. The number of hydrogen-bond donors (Lipinski definition) is 1. The molecule has 0 saturated carbocycles. The van der Waals surface area contributed by atoms with Gasteiger partial charge in [0.25, 0.3) is 0 Å². The lowest BCUT2D eigenvalue weighted by Gasteiger charge is -2.33. The molecule has 6 heteroatoms. The Morgan fingerprint density at radius 1 is 1.50 bits per heavy atom. The molecule has 5 nitrogen and oxygen atoms in total. The maximum atomic E-state index is 11.0. The Morgan fingerprint density at radius 3 is 2.75 bits per heavy atom. The van der Waals surface area contributed by atoms with Crippen molar-refractivity contribution in [2.75, 3.05) is 39.0 Å². The normalized spacial score (nSPS) is 23.9. The van der Waals surface area contributed by atoms with Gasteiger partial charge in [-0.25, -0.2) is 13.1 Å². The minimum absolute atomic E-state index is 0.0257. The molecule has 0 aliphatic carbocycles. The number of sulfonamides is 1. The van der Waals surface area contributed by atoms with Gasteiger partial charge in [0.1, 0.15) is 0 Å². The molecule has 0 unspecified atom stereocenters. The first kappa shape index (κ1) is 13.9. The van der Waals surface area contributed by atoms with Gasteiger partial charge in [-0.15, -0.1) is 0 Å². The molecule has 1 aliphatic rings. The highest BCUT2D eigenvalue weighted by Gasteiger charge is 2.21. The predicted molar refractivity (Wildman–Crippen MR) is 63.9 cm³/mol. The molecule has 1 saturated heterocycles. The summed E-state index contributed by atoms with van der Waals surface area (Å²) < 4.78 is 29.9. The molecule has 96 valence electrons. The van der Waals surface area contributed by atoms with E-state index in [1.807, 2.05) is 0 Å². The summed E-state index contributed by atoms with van der Waals surface area (Å²) in [4.78, 5) is 2.32. The second-order valence-corrected chi connectivity index (χ2v) is 6.60. The zero-order valence-corrected chi connectivity index (χ0v) is 11.1. The fourth-order valence-electron chi connectivity index (χ4n) is 1.83. The van der Waals surface area contributed by atoms with Crippen LogP contribution < -0.4 is 4.72 Å². The van der Waals surface area contributed by atoms with Crippen molar-refractivity contribution in [1.29, 1.82) is 0 Å². The van der Waals surface area contributed by atoms with Crippen LogP contribution in [0.4, 0.5) is 0 Å². The maximum absolute atomic E-state index is 11.0. The summed E-state index contributed by atoms with van der Waals surface area (Å²) >= 11 is 0. The number of rotatable bonds is 5. The zero-order chi connectivity index (χ0) is 12.2. The van der Waals surface area contributed by atoms with Crippen molar-refractivity contribution in [3.05, 3.63) is 0 Å². The SMILES string of the molecule is CC(C)CN1CCO[C@H](CNS(C)(=O)=O)C1. The molecule has 0 aromatic rings. The first-order valence-electron chi connectivity index (χ1n) is 5.65. The first-order valence-corrected chi connectivity index (χ1v) is 7.54. The van der Waals surface area contributed by atoms with Gasteiger partial charge in [-0.05, 0) is 5.92 Å². The van der Waals surface area contributed by atoms with Crippen LogP contribution in [0, 0.1) is 5.92 Å². The minimum Gasteiger partial charge on any atom is -0.374 e. The summed E-state index contributed by atoms with van der Waals surface area (Å²) in [6.45, 7) is 8.20. The number of hydrogen-bond acceptors (Lipinski definition) is 4. The standard InChI is InChI=1S/C10H22N2O3S/c1-9(2)7-12-4-5-15-10(8-12)6-11-16(3,13)14/h9-11H,4-8H2,1-3H3/t10-/m1/s1. The third-order valence-electron chi connectivity index (χ3n) is 2.42. The van der Waals surface area contributed by atoms with E-state index in [1.165, 1.54) is 6.26 Å². The van der Waals surface area contributed by atoms with E-state index in [2.05, 4.69) is 23.5 Å². The van der Waals surface area contributed by atoms with E-state index >= 15 is 0 Å². The number of nitrogens with zero attached hydrogens (tertiary/aromatic N) is 1. The lowest BCUT2D eigenvalue weighted by atomic mass is 10.2. The fraction of sp³-hybridized carbons (Fsp3) is 1.00. The second-order valence-electron chi connectivity index (χ2n) is 4.77. The van der Waals surface area contributed by atoms with E-state index < -0.39 is 10.0 Å². The summed E-state index contributed by atoms with van der Waals surface area (Å²) in [5.41, 5.74) is 0. The van der Waals surface area contributed by atoms with Crippen LogP contribution in [0.25, 0.3) is 0 Å². The molecule has 16 heavy (non-hydrogen) atoms. The van der Waals surface area contributed by atoms with Gasteiger partial charge in [0.05, 0.1) is 19.0 Å². The zero-order valence-electron chi connectivity index (χ0n) is 10.3. The third-order valence-corrected chi connectivity index (χ3v) is 3.11. The van der Waals surface area contributed by atoms with Gasteiger partial charge in [-0.1, -0.05) is 13.8 Å². The number of morpholine rings is 1. The Bertz CT molecular complexity index is 303. The van der Waals surface area contributed by atoms with Gasteiger partial charge in [0, 0.05) is 26.2 Å². The maximum Gasteiger partial charge on any atom is 0.208 e. The van der Waals surface area contributed by atoms with Crippen LogP contribution in [0.3, 0.4) is 0 Å². The summed E-state index contributed by atoms with van der Waals surface area (Å²) in [7, 11) is -3.11. The molecule has 1 atom stereocenters. The lowest BCUT2D eigenvalue weighted by Crippen LogP contribution is -2.48. The van der Waals surface area contributed by atoms with E-state index in [9.17, 15) is 8.42 Å². The molecule has 0 bridgehead atoms. The molecule has 1 N–H and O–H groups in total. The topological polar surface area (TPSA) is 58.6 Å². The number of nitrogens with one attached hydrogen (secondary N) is 1. The van der Waals surface area contributed by atoms with Crippen LogP contribution >= 0.6 is 0 Å². The highest BCUT2D eigenvalue weighted by Crippen LogP contribution is 2.07. The van der Waals surface area contributed by atoms with Crippen LogP contribution in [-0.2, 0) is 14.8 Å². The second kappa shape index (κ2) is 5.95. The Kier molecular flexibility index (Phi) is 5.17. The molecule has 0 aromatic carbocycles. The molecule has 0 radical (unpaired) electrons. The fourth-order valence-corrected chi connectivity index (χ4v) is 2.32. The van der Waals surface area contributed by atoms with Gasteiger partial charge in [-0.3, -0.25) is 4.90 Å². The Balaban J connectivity index is 2.33. The highest BCUT2D eigenvalue weighted by atomic mass is 32.2. The summed E-state index contributed by atoms with van der Waals surface area (Å²) in [5.74, 6) is 0.626. The molecule has 1 fully saturated rings. The minimum atomic E-state index is -3.11. The van der Waals surface area contributed by atoms with Gasteiger partial charge in [0.15, 0.2) is 0 Å². The summed E-state index contributed by atoms with van der Waals surface area (Å²) in [6, 6.07) is 0. The molecule has 1 rings (SSSR count). The summed E-state index contributed by atoms with van der Waals surface area (Å²) in [5, 5.41) is 0. The van der Waals surface area contributed by atoms with E-state index in [0.29, 0.717) is 19.1 Å². The van der Waals surface area contributed by atoms with Crippen molar-refractivity contribution >= 4 is 10.0 Å². The van der Waals surface area contributed by atoms with Gasteiger partial charge in [0.2, 0.25) is 10.0 Å².